The number of nitrogens with zero attached hydrogens (tertiary/aromatic N) is 2. The summed E-state index contributed by atoms with van der Waals surface area (Å²) in [7, 11) is 0. The van der Waals surface area contributed by atoms with Gasteiger partial charge >= 0.3 is 0 Å². The Morgan fingerprint density at radius 3 is 2.90 bits per heavy atom. The smallest absolute Gasteiger partial charge is 0.273 e. The molecule has 1 heterocycles. The maximum absolute atomic E-state index is 11.8. The fraction of sp³-hybridized carbons (Fsp3) is 0.643. The summed E-state index contributed by atoms with van der Waals surface area (Å²) in [5.41, 5.74) is 5.76. The normalized spacial score (nSPS) is 22.4. The third kappa shape index (κ3) is 3.90. The molecule has 0 spiro atoms. The van der Waals surface area contributed by atoms with Crippen molar-refractivity contribution in [1.29, 1.82) is 0 Å². The molecule has 0 aromatic carbocycles. The van der Waals surface area contributed by atoms with E-state index in [9.17, 15) is 4.79 Å². The van der Waals surface area contributed by atoms with Crippen LogP contribution >= 0.6 is 0 Å². The van der Waals surface area contributed by atoms with Crippen molar-refractivity contribution in [2.24, 2.45) is 5.92 Å². The molecule has 1 fully saturated rings. The van der Waals surface area contributed by atoms with Crippen LogP contribution in [0.2, 0.25) is 0 Å². The van der Waals surface area contributed by atoms with Crippen molar-refractivity contribution in [3.63, 3.8) is 0 Å². The number of nitrogen functional groups attached to an aromatic ring is 1. The zero-order valence-electron chi connectivity index (χ0n) is 11.8. The Morgan fingerprint density at radius 1 is 1.40 bits per heavy atom. The van der Waals surface area contributed by atoms with Gasteiger partial charge in [0.05, 0.1) is 12.7 Å². The van der Waals surface area contributed by atoms with Gasteiger partial charge in [0.1, 0.15) is 0 Å². The number of nitrogens with one attached hydrogen (secondary N) is 1. The minimum Gasteiger partial charge on any atom is -0.382 e. The summed E-state index contributed by atoms with van der Waals surface area (Å²) in [6.07, 6.45) is 8.11. The highest BCUT2D eigenvalue weighted by atomic mass is 16.5. The van der Waals surface area contributed by atoms with Gasteiger partial charge in [0, 0.05) is 18.9 Å². The molecule has 0 aliphatic heterocycles. The summed E-state index contributed by atoms with van der Waals surface area (Å²) in [4.78, 5) is 19.6. The van der Waals surface area contributed by atoms with Gasteiger partial charge in [0.2, 0.25) is 0 Å². The van der Waals surface area contributed by atoms with E-state index in [-0.39, 0.29) is 17.4 Å². The predicted molar refractivity (Wildman–Crippen MR) is 76.1 cm³/mol. The molecule has 0 bridgehead atoms. The quantitative estimate of drug-likeness (QED) is 0.794. The molecule has 110 valence electrons. The summed E-state index contributed by atoms with van der Waals surface area (Å²) in [5, 5.41) is 2.75. The molecular formula is C14H22N4O2. The molecule has 1 aliphatic carbocycles. The van der Waals surface area contributed by atoms with Gasteiger partial charge in [-0.15, -0.1) is 0 Å². The molecule has 1 saturated carbocycles. The Labute approximate surface area is 119 Å². The monoisotopic (exact) mass is 278 g/mol. The summed E-state index contributed by atoms with van der Waals surface area (Å²) in [5.74, 6) is 0.442. The average molecular weight is 278 g/mol. The van der Waals surface area contributed by atoms with Gasteiger partial charge < -0.3 is 15.8 Å². The number of amides is 1. The zero-order valence-corrected chi connectivity index (χ0v) is 11.8. The molecule has 3 N–H and O–H groups in total. The third-order valence-corrected chi connectivity index (χ3v) is 3.69. The highest BCUT2D eigenvalue weighted by Crippen LogP contribution is 2.25. The van der Waals surface area contributed by atoms with Gasteiger partial charge in [-0.1, -0.05) is 19.8 Å². The van der Waals surface area contributed by atoms with E-state index in [1.807, 2.05) is 0 Å². The lowest BCUT2D eigenvalue weighted by Crippen LogP contribution is -2.32. The minimum atomic E-state index is -0.309. The molecule has 2 rings (SSSR count). The fourth-order valence-electron chi connectivity index (χ4n) is 2.51. The van der Waals surface area contributed by atoms with Gasteiger partial charge in [-0.2, -0.15) is 0 Å². The largest absolute Gasteiger partial charge is 0.382 e. The number of ether oxygens (including phenoxy) is 1. The molecule has 6 nitrogen and oxygen atoms in total. The fourth-order valence-corrected chi connectivity index (χ4v) is 2.51. The Balaban J connectivity index is 1.71. The van der Waals surface area contributed by atoms with E-state index in [0.717, 1.165) is 6.42 Å². The number of anilines is 1. The zero-order chi connectivity index (χ0) is 14.4. The lowest BCUT2D eigenvalue weighted by Gasteiger charge is -2.28. The van der Waals surface area contributed by atoms with Crippen molar-refractivity contribution in [1.82, 2.24) is 15.3 Å². The van der Waals surface area contributed by atoms with Crippen LogP contribution in [0, 0.1) is 5.92 Å². The third-order valence-electron chi connectivity index (χ3n) is 3.69. The highest BCUT2D eigenvalue weighted by molar-refractivity contribution is 5.96. The lowest BCUT2D eigenvalue weighted by molar-refractivity contribution is -0.00295. The summed E-state index contributed by atoms with van der Waals surface area (Å²) in [6, 6.07) is 0. The van der Waals surface area contributed by atoms with Crippen molar-refractivity contribution in [2.45, 2.75) is 38.7 Å². The van der Waals surface area contributed by atoms with Crippen LogP contribution in [-0.4, -0.2) is 35.1 Å². The van der Waals surface area contributed by atoms with Crippen molar-refractivity contribution in [3.05, 3.63) is 18.1 Å². The van der Waals surface area contributed by atoms with Gasteiger partial charge in [0.15, 0.2) is 11.5 Å². The summed E-state index contributed by atoms with van der Waals surface area (Å²) >= 11 is 0. The van der Waals surface area contributed by atoms with Crippen LogP contribution < -0.4 is 11.1 Å². The standard InChI is InChI=1S/C14H22N4O2/c1-10-4-2-3-5-11(10)20-9-8-18-14(19)12-13(15)17-7-6-16-12/h6-7,10-11H,2-5,8-9H2,1H3,(H2,15,17)(H,18,19)/t10-,11+/m0/s1. The van der Waals surface area contributed by atoms with Crippen LogP contribution in [0.1, 0.15) is 43.1 Å². The van der Waals surface area contributed by atoms with E-state index >= 15 is 0 Å². The molecule has 0 saturated heterocycles. The number of carbonyl (C=O) groups excluding carboxylic acids is 1. The van der Waals surface area contributed by atoms with Crippen LogP contribution in [0.3, 0.4) is 0 Å². The summed E-state index contributed by atoms with van der Waals surface area (Å²) in [6.45, 7) is 3.20. The van der Waals surface area contributed by atoms with E-state index in [2.05, 4.69) is 22.2 Å². The highest BCUT2D eigenvalue weighted by Gasteiger charge is 2.21. The van der Waals surface area contributed by atoms with Crippen LogP contribution in [0.15, 0.2) is 12.4 Å². The van der Waals surface area contributed by atoms with Crippen molar-refractivity contribution in [2.75, 3.05) is 18.9 Å². The van der Waals surface area contributed by atoms with E-state index in [1.165, 1.54) is 31.7 Å². The Morgan fingerprint density at radius 2 is 2.15 bits per heavy atom. The van der Waals surface area contributed by atoms with Crippen LogP contribution in [0.25, 0.3) is 0 Å². The molecule has 1 aromatic heterocycles. The van der Waals surface area contributed by atoms with Crippen LogP contribution in [0.4, 0.5) is 5.82 Å². The average Bonchev–Trinajstić information content (AvgIpc) is 2.45. The van der Waals surface area contributed by atoms with Gasteiger partial charge in [0.25, 0.3) is 5.91 Å². The Kier molecular flexibility index (Phi) is 5.29. The first-order valence-electron chi connectivity index (χ1n) is 7.14. The maximum atomic E-state index is 11.8. The number of rotatable bonds is 5. The topological polar surface area (TPSA) is 90.1 Å². The molecule has 1 amide bonds. The van der Waals surface area contributed by atoms with Gasteiger partial charge in [-0.05, 0) is 18.8 Å². The first-order chi connectivity index (χ1) is 9.68. The number of hydrogen-bond donors (Lipinski definition) is 2. The molecule has 0 unspecified atom stereocenters. The molecule has 2 atom stereocenters. The van der Waals surface area contributed by atoms with Crippen LogP contribution in [-0.2, 0) is 4.74 Å². The number of nitrogens with two attached hydrogens (primary N) is 1. The Bertz CT molecular complexity index is 453. The van der Waals surface area contributed by atoms with Gasteiger partial charge in [-0.25, -0.2) is 9.97 Å². The van der Waals surface area contributed by atoms with E-state index in [1.54, 1.807) is 0 Å². The molecule has 1 aliphatic rings. The second kappa shape index (κ2) is 7.19. The number of hydrogen-bond acceptors (Lipinski definition) is 5. The molecule has 20 heavy (non-hydrogen) atoms. The molecular weight excluding hydrogens is 256 g/mol. The van der Waals surface area contributed by atoms with E-state index in [0.29, 0.717) is 25.2 Å². The first-order valence-corrected chi connectivity index (χ1v) is 7.14. The van der Waals surface area contributed by atoms with Gasteiger partial charge in [-0.3, -0.25) is 4.79 Å². The van der Waals surface area contributed by atoms with Crippen molar-refractivity contribution >= 4 is 11.7 Å². The second-order valence-corrected chi connectivity index (χ2v) is 5.22. The number of carbonyl (C=O) groups is 1. The first kappa shape index (κ1) is 14.7. The predicted octanol–water partition coefficient (Wildman–Crippen LogP) is 1.38. The second-order valence-electron chi connectivity index (χ2n) is 5.22. The number of aromatic nitrogens is 2. The van der Waals surface area contributed by atoms with E-state index in [4.69, 9.17) is 10.5 Å². The molecule has 0 radical (unpaired) electrons. The summed E-state index contributed by atoms with van der Waals surface area (Å²) < 4.78 is 5.83. The molecule has 1 aromatic rings. The minimum absolute atomic E-state index is 0.145. The van der Waals surface area contributed by atoms with Crippen molar-refractivity contribution in [3.8, 4) is 0 Å². The molecule has 6 heteroatoms. The van der Waals surface area contributed by atoms with E-state index < -0.39 is 0 Å². The van der Waals surface area contributed by atoms with Crippen LogP contribution in [0.5, 0.6) is 0 Å². The lowest BCUT2D eigenvalue weighted by atomic mass is 9.88. The SMILES string of the molecule is C[C@H]1CCCC[C@H]1OCCNC(=O)c1nccnc1N. The van der Waals surface area contributed by atoms with Crippen molar-refractivity contribution < 1.29 is 9.53 Å². The Hall–Kier alpha value is -1.69. The maximum Gasteiger partial charge on any atom is 0.273 e.